The molecule has 3 nitrogen and oxygen atoms in total. The van der Waals surface area contributed by atoms with Gasteiger partial charge in [-0.3, -0.25) is 4.90 Å². The van der Waals surface area contributed by atoms with Crippen molar-refractivity contribution in [3.05, 3.63) is 30.1 Å². The summed E-state index contributed by atoms with van der Waals surface area (Å²) < 4.78 is 13.0. The lowest BCUT2D eigenvalue weighted by atomic mass is 9.92. The van der Waals surface area contributed by atoms with Gasteiger partial charge in [-0.2, -0.15) is 0 Å². The molecule has 2 saturated heterocycles. The Hall–Kier alpha value is -1.13. The highest BCUT2D eigenvalue weighted by atomic mass is 19.1. The van der Waals surface area contributed by atoms with E-state index in [2.05, 4.69) is 22.0 Å². The molecule has 1 aromatic rings. The van der Waals surface area contributed by atoms with Gasteiger partial charge in [0.05, 0.1) is 0 Å². The van der Waals surface area contributed by atoms with Crippen molar-refractivity contribution >= 4 is 5.69 Å². The maximum Gasteiger partial charge on any atom is 0.123 e. The van der Waals surface area contributed by atoms with E-state index < -0.39 is 0 Å². The summed E-state index contributed by atoms with van der Waals surface area (Å²) in [5, 5.41) is 3.52. The predicted molar refractivity (Wildman–Crippen MR) is 85.2 cm³/mol. The van der Waals surface area contributed by atoms with Crippen LogP contribution in [-0.2, 0) is 0 Å². The van der Waals surface area contributed by atoms with Gasteiger partial charge in [-0.1, -0.05) is 0 Å². The fraction of sp³-hybridized carbons (Fsp3) is 0.647. The Kier molecular flexibility index (Phi) is 4.76. The summed E-state index contributed by atoms with van der Waals surface area (Å²) in [6, 6.07) is 7.55. The quantitative estimate of drug-likeness (QED) is 0.922. The molecule has 2 fully saturated rings. The number of hydrogen-bond donors (Lipinski definition) is 1. The van der Waals surface area contributed by atoms with Crippen LogP contribution in [0, 0.1) is 11.7 Å². The van der Waals surface area contributed by atoms with Crippen molar-refractivity contribution in [3.8, 4) is 0 Å². The highest BCUT2D eigenvalue weighted by molar-refractivity contribution is 5.46. The zero-order valence-electron chi connectivity index (χ0n) is 12.9. The van der Waals surface area contributed by atoms with Gasteiger partial charge in [0.1, 0.15) is 5.82 Å². The second-order valence-corrected chi connectivity index (χ2v) is 6.51. The Morgan fingerprint density at radius 1 is 1.14 bits per heavy atom. The Balaban J connectivity index is 1.47. The van der Waals surface area contributed by atoms with Crippen LogP contribution in [0.3, 0.4) is 0 Å². The molecule has 2 aliphatic heterocycles. The molecule has 0 aliphatic carbocycles. The summed E-state index contributed by atoms with van der Waals surface area (Å²) in [6.45, 7) is 9.03. The van der Waals surface area contributed by atoms with Crippen LogP contribution in [0.2, 0.25) is 0 Å². The van der Waals surface area contributed by atoms with Crippen molar-refractivity contribution < 1.29 is 4.39 Å². The van der Waals surface area contributed by atoms with Crippen molar-refractivity contribution in [2.75, 3.05) is 44.2 Å². The summed E-state index contributed by atoms with van der Waals surface area (Å²) >= 11 is 0. The largest absolute Gasteiger partial charge is 0.369 e. The zero-order valence-corrected chi connectivity index (χ0v) is 12.9. The molecule has 3 rings (SSSR count). The van der Waals surface area contributed by atoms with Crippen LogP contribution in [0.5, 0.6) is 0 Å². The van der Waals surface area contributed by atoms with Gasteiger partial charge in [-0.15, -0.1) is 0 Å². The molecule has 116 valence electrons. The Morgan fingerprint density at radius 2 is 1.86 bits per heavy atom. The second-order valence-electron chi connectivity index (χ2n) is 6.51. The van der Waals surface area contributed by atoms with Crippen molar-refractivity contribution in [1.82, 2.24) is 10.2 Å². The van der Waals surface area contributed by atoms with Crippen molar-refractivity contribution in [1.29, 1.82) is 0 Å². The Labute approximate surface area is 127 Å². The van der Waals surface area contributed by atoms with E-state index in [4.69, 9.17) is 0 Å². The van der Waals surface area contributed by atoms with Gasteiger partial charge in [0.25, 0.3) is 0 Å². The van der Waals surface area contributed by atoms with E-state index in [-0.39, 0.29) is 5.82 Å². The molecule has 4 heteroatoms. The predicted octanol–water partition coefficient (Wildman–Crippen LogP) is 2.34. The fourth-order valence-corrected chi connectivity index (χ4v) is 3.61. The molecule has 2 heterocycles. The number of hydrogen-bond acceptors (Lipinski definition) is 3. The van der Waals surface area contributed by atoms with Gasteiger partial charge in [-0.05, 0) is 56.5 Å². The minimum Gasteiger partial charge on any atom is -0.369 e. The van der Waals surface area contributed by atoms with Gasteiger partial charge in [-0.25, -0.2) is 4.39 Å². The first-order valence-electron chi connectivity index (χ1n) is 8.17. The molecular formula is C17H26FN3. The normalized spacial score (nSPS) is 27.8. The molecule has 0 amide bonds. The molecule has 2 atom stereocenters. The molecule has 0 saturated carbocycles. The number of benzene rings is 1. The smallest absolute Gasteiger partial charge is 0.123 e. The minimum atomic E-state index is -0.155. The first kappa shape index (κ1) is 14.8. The maximum absolute atomic E-state index is 13.0. The molecular weight excluding hydrogens is 265 g/mol. The molecule has 2 unspecified atom stereocenters. The Morgan fingerprint density at radius 3 is 2.52 bits per heavy atom. The lowest BCUT2D eigenvalue weighted by Gasteiger charge is -2.39. The van der Waals surface area contributed by atoms with Gasteiger partial charge >= 0.3 is 0 Å². The van der Waals surface area contributed by atoms with Crippen LogP contribution in [0.1, 0.15) is 19.8 Å². The van der Waals surface area contributed by atoms with E-state index in [9.17, 15) is 4.39 Å². The van der Waals surface area contributed by atoms with Crippen LogP contribution in [0.15, 0.2) is 24.3 Å². The first-order valence-corrected chi connectivity index (χ1v) is 8.17. The van der Waals surface area contributed by atoms with Crippen LogP contribution in [-0.4, -0.2) is 50.2 Å². The third-order valence-electron chi connectivity index (χ3n) is 4.81. The molecule has 0 bridgehead atoms. The average Bonchev–Trinajstić information content (AvgIpc) is 2.49. The van der Waals surface area contributed by atoms with Crippen molar-refractivity contribution in [3.63, 3.8) is 0 Å². The summed E-state index contributed by atoms with van der Waals surface area (Å²) in [5.74, 6) is 0.691. The molecule has 1 aromatic carbocycles. The van der Waals surface area contributed by atoms with Crippen LogP contribution in [0.25, 0.3) is 0 Å². The highest BCUT2D eigenvalue weighted by Crippen LogP contribution is 2.20. The van der Waals surface area contributed by atoms with Crippen LogP contribution >= 0.6 is 0 Å². The molecule has 0 spiro atoms. The van der Waals surface area contributed by atoms with E-state index >= 15 is 0 Å². The van der Waals surface area contributed by atoms with Crippen LogP contribution in [0.4, 0.5) is 10.1 Å². The maximum atomic E-state index is 13.0. The third-order valence-corrected chi connectivity index (χ3v) is 4.81. The topological polar surface area (TPSA) is 18.5 Å². The standard InChI is InChI=1S/C17H26FN3/c1-14-12-15(6-7-19-14)13-20-8-10-21(11-9-20)17-4-2-16(18)3-5-17/h2-5,14-15,19H,6-13H2,1H3. The van der Waals surface area contributed by atoms with E-state index in [1.54, 1.807) is 12.1 Å². The summed E-state index contributed by atoms with van der Waals surface area (Å²) in [4.78, 5) is 4.96. The monoisotopic (exact) mass is 291 g/mol. The molecule has 21 heavy (non-hydrogen) atoms. The number of nitrogens with one attached hydrogen (secondary N) is 1. The highest BCUT2D eigenvalue weighted by Gasteiger charge is 2.23. The lowest BCUT2D eigenvalue weighted by Crippen LogP contribution is -2.49. The fourth-order valence-electron chi connectivity index (χ4n) is 3.61. The first-order chi connectivity index (χ1) is 10.2. The van der Waals surface area contributed by atoms with E-state index in [0.29, 0.717) is 6.04 Å². The number of halogens is 1. The molecule has 0 aromatic heterocycles. The second kappa shape index (κ2) is 6.75. The lowest BCUT2D eigenvalue weighted by molar-refractivity contribution is 0.184. The zero-order chi connectivity index (χ0) is 14.7. The van der Waals surface area contributed by atoms with E-state index in [1.807, 2.05) is 12.1 Å². The van der Waals surface area contributed by atoms with Crippen molar-refractivity contribution in [2.24, 2.45) is 5.92 Å². The summed E-state index contributed by atoms with van der Waals surface area (Å²) in [5.41, 5.74) is 1.14. The number of anilines is 1. The van der Waals surface area contributed by atoms with Crippen molar-refractivity contribution in [2.45, 2.75) is 25.8 Å². The Bertz CT molecular complexity index is 440. The summed E-state index contributed by atoms with van der Waals surface area (Å²) in [6.07, 6.45) is 2.61. The van der Waals surface area contributed by atoms with Gasteiger partial charge in [0.2, 0.25) is 0 Å². The SMILES string of the molecule is CC1CC(CN2CCN(c3ccc(F)cc3)CC2)CCN1. The summed E-state index contributed by atoms with van der Waals surface area (Å²) in [7, 11) is 0. The van der Waals surface area contributed by atoms with Gasteiger partial charge in [0.15, 0.2) is 0 Å². The average molecular weight is 291 g/mol. The molecule has 0 radical (unpaired) electrons. The van der Waals surface area contributed by atoms with Crippen LogP contribution < -0.4 is 10.2 Å². The minimum absolute atomic E-state index is 0.155. The number of piperidine rings is 1. The van der Waals surface area contributed by atoms with E-state index in [0.717, 1.165) is 37.8 Å². The number of rotatable bonds is 3. The van der Waals surface area contributed by atoms with Gasteiger partial charge in [0, 0.05) is 44.5 Å². The molecule has 1 N–H and O–H groups in total. The van der Waals surface area contributed by atoms with Gasteiger partial charge < -0.3 is 10.2 Å². The van der Waals surface area contributed by atoms with E-state index in [1.165, 1.54) is 25.9 Å². The third kappa shape index (κ3) is 3.95. The molecule has 2 aliphatic rings. The number of nitrogens with zero attached hydrogens (tertiary/aromatic N) is 2. The number of piperazine rings is 1.